The molecule has 0 radical (unpaired) electrons. The van der Waals surface area contributed by atoms with Crippen LogP contribution in [0.3, 0.4) is 0 Å². The number of carbonyl (C=O) groups is 1. The number of hydrogen-bond acceptors (Lipinski definition) is 4. The molecule has 0 N–H and O–H groups in total. The molecule has 16 heavy (non-hydrogen) atoms. The van der Waals surface area contributed by atoms with E-state index in [0.29, 0.717) is 25.2 Å². The first-order chi connectivity index (χ1) is 7.61. The molecule has 0 saturated carbocycles. The van der Waals surface area contributed by atoms with Gasteiger partial charge in [0.05, 0.1) is 18.8 Å². The van der Waals surface area contributed by atoms with E-state index >= 15 is 0 Å². The molecule has 1 fully saturated rings. The van der Waals surface area contributed by atoms with E-state index in [4.69, 9.17) is 9.47 Å². The van der Waals surface area contributed by atoms with Crippen LogP contribution in [-0.4, -0.2) is 49.3 Å². The summed E-state index contributed by atoms with van der Waals surface area (Å²) in [7, 11) is 0. The van der Waals surface area contributed by atoms with E-state index in [9.17, 15) is 4.79 Å². The Labute approximate surface area is 97.9 Å². The average molecular weight is 229 g/mol. The number of morpholine rings is 1. The molecule has 94 valence electrons. The van der Waals surface area contributed by atoms with Crippen molar-refractivity contribution in [1.29, 1.82) is 0 Å². The quantitative estimate of drug-likeness (QED) is 0.669. The lowest BCUT2D eigenvalue weighted by molar-refractivity contribution is -0.143. The van der Waals surface area contributed by atoms with Gasteiger partial charge in [0.2, 0.25) is 0 Å². The summed E-state index contributed by atoms with van der Waals surface area (Å²) in [6.07, 6.45) is 1.99. The van der Waals surface area contributed by atoms with Crippen molar-refractivity contribution >= 4 is 5.97 Å². The second-order valence-electron chi connectivity index (χ2n) is 4.43. The van der Waals surface area contributed by atoms with E-state index in [1.807, 2.05) is 6.92 Å². The van der Waals surface area contributed by atoms with Crippen LogP contribution >= 0.6 is 0 Å². The Kier molecular flexibility index (Phi) is 5.77. The van der Waals surface area contributed by atoms with E-state index in [1.165, 1.54) is 0 Å². The lowest BCUT2D eigenvalue weighted by atomic mass is 10.2. The summed E-state index contributed by atoms with van der Waals surface area (Å²) >= 11 is 0. The first kappa shape index (κ1) is 13.5. The molecule has 0 amide bonds. The van der Waals surface area contributed by atoms with Crippen LogP contribution in [0.2, 0.25) is 0 Å². The number of esters is 1. The molecule has 0 aromatic heterocycles. The number of nitrogens with zero attached hydrogens (tertiary/aromatic N) is 1. The first-order valence-electron chi connectivity index (χ1n) is 6.15. The van der Waals surface area contributed by atoms with Crippen LogP contribution in [0.15, 0.2) is 0 Å². The van der Waals surface area contributed by atoms with Crippen molar-refractivity contribution in [2.75, 3.05) is 26.2 Å². The third-order valence-electron chi connectivity index (χ3n) is 2.66. The van der Waals surface area contributed by atoms with E-state index in [-0.39, 0.29) is 5.97 Å². The molecule has 0 aromatic rings. The highest BCUT2D eigenvalue weighted by Crippen LogP contribution is 2.11. The van der Waals surface area contributed by atoms with Crippen molar-refractivity contribution in [3.8, 4) is 0 Å². The Balaban J connectivity index is 2.14. The lowest BCUT2D eigenvalue weighted by Gasteiger charge is -2.35. The van der Waals surface area contributed by atoms with Crippen molar-refractivity contribution in [1.82, 2.24) is 4.90 Å². The van der Waals surface area contributed by atoms with Crippen LogP contribution in [0.1, 0.15) is 33.6 Å². The van der Waals surface area contributed by atoms with Gasteiger partial charge in [0.25, 0.3) is 0 Å². The fraction of sp³-hybridized carbons (Fsp3) is 0.917. The van der Waals surface area contributed by atoms with Gasteiger partial charge in [-0.1, -0.05) is 0 Å². The van der Waals surface area contributed by atoms with Crippen molar-refractivity contribution in [3.63, 3.8) is 0 Å². The van der Waals surface area contributed by atoms with Gasteiger partial charge in [-0.2, -0.15) is 0 Å². The Hall–Kier alpha value is -0.610. The van der Waals surface area contributed by atoms with Gasteiger partial charge in [-0.15, -0.1) is 0 Å². The smallest absolute Gasteiger partial charge is 0.305 e. The van der Waals surface area contributed by atoms with Gasteiger partial charge < -0.3 is 9.47 Å². The van der Waals surface area contributed by atoms with Crippen molar-refractivity contribution in [2.45, 2.75) is 45.8 Å². The van der Waals surface area contributed by atoms with Crippen LogP contribution in [0.4, 0.5) is 0 Å². The van der Waals surface area contributed by atoms with E-state index < -0.39 is 0 Å². The van der Waals surface area contributed by atoms with Crippen molar-refractivity contribution < 1.29 is 14.3 Å². The molecule has 0 aliphatic carbocycles. The highest BCUT2D eigenvalue weighted by molar-refractivity contribution is 5.69. The molecular weight excluding hydrogens is 206 g/mol. The standard InChI is InChI=1S/C12H23NO3/c1-4-15-12(14)6-5-7-13-8-10(2)16-11(3)9-13/h10-11H,4-9H2,1-3H3. The third kappa shape index (κ3) is 4.94. The summed E-state index contributed by atoms with van der Waals surface area (Å²) in [6.45, 7) is 9.38. The summed E-state index contributed by atoms with van der Waals surface area (Å²) in [5.41, 5.74) is 0. The number of ether oxygens (including phenoxy) is 2. The molecule has 1 rings (SSSR count). The molecule has 4 heteroatoms. The molecule has 1 heterocycles. The van der Waals surface area contributed by atoms with Gasteiger partial charge in [-0.05, 0) is 33.7 Å². The highest BCUT2D eigenvalue weighted by Gasteiger charge is 2.21. The second kappa shape index (κ2) is 6.86. The molecule has 0 bridgehead atoms. The Morgan fingerprint density at radius 2 is 2.00 bits per heavy atom. The first-order valence-corrected chi connectivity index (χ1v) is 6.15. The lowest BCUT2D eigenvalue weighted by Crippen LogP contribution is -2.45. The fourth-order valence-corrected chi connectivity index (χ4v) is 2.15. The molecule has 0 spiro atoms. The van der Waals surface area contributed by atoms with Crippen LogP contribution in [0.5, 0.6) is 0 Å². The molecule has 1 aliphatic rings. The Bertz CT molecular complexity index is 210. The summed E-state index contributed by atoms with van der Waals surface area (Å²) in [6, 6.07) is 0. The number of rotatable bonds is 5. The highest BCUT2D eigenvalue weighted by atomic mass is 16.5. The SMILES string of the molecule is CCOC(=O)CCCN1CC(C)OC(C)C1. The normalized spacial score (nSPS) is 26.7. The van der Waals surface area contributed by atoms with E-state index in [2.05, 4.69) is 18.7 Å². The van der Waals surface area contributed by atoms with E-state index in [1.54, 1.807) is 0 Å². The Morgan fingerprint density at radius 3 is 2.56 bits per heavy atom. The topological polar surface area (TPSA) is 38.8 Å². The summed E-state index contributed by atoms with van der Waals surface area (Å²) in [5.74, 6) is -0.0862. The van der Waals surface area contributed by atoms with Gasteiger partial charge in [-0.3, -0.25) is 9.69 Å². The average Bonchev–Trinajstić information content (AvgIpc) is 2.16. The summed E-state index contributed by atoms with van der Waals surface area (Å²) < 4.78 is 10.5. The minimum atomic E-state index is -0.0862. The minimum Gasteiger partial charge on any atom is -0.466 e. The molecule has 2 atom stereocenters. The molecule has 2 unspecified atom stereocenters. The predicted octanol–water partition coefficient (Wildman–Crippen LogP) is 1.44. The molecular formula is C12H23NO3. The maximum Gasteiger partial charge on any atom is 0.305 e. The van der Waals surface area contributed by atoms with Gasteiger partial charge in [0, 0.05) is 19.5 Å². The molecule has 0 aromatic carbocycles. The van der Waals surface area contributed by atoms with Crippen LogP contribution in [-0.2, 0) is 14.3 Å². The molecule has 1 aliphatic heterocycles. The molecule has 4 nitrogen and oxygen atoms in total. The van der Waals surface area contributed by atoms with Gasteiger partial charge in [-0.25, -0.2) is 0 Å². The fourth-order valence-electron chi connectivity index (χ4n) is 2.15. The van der Waals surface area contributed by atoms with E-state index in [0.717, 1.165) is 26.1 Å². The maximum absolute atomic E-state index is 11.1. The zero-order valence-electron chi connectivity index (χ0n) is 10.6. The number of hydrogen-bond donors (Lipinski definition) is 0. The monoisotopic (exact) mass is 229 g/mol. The van der Waals surface area contributed by atoms with Crippen molar-refractivity contribution in [3.05, 3.63) is 0 Å². The van der Waals surface area contributed by atoms with Gasteiger partial charge in [0.15, 0.2) is 0 Å². The largest absolute Gasteiger partial charge is 0.466 e. The second-order valence-corrected chi connectivity index (χ2v) is 4.43. The zero-order valence-corrected chi connectivity index (χ0v) is 10.6. The maximum atomic E-state index is 11.1. The third-order valence-corrected chi connectivity index (χ3v) is 2.66. The van der Waals surface area contributed by atoms with Crippen molar-refractivity contribution in [2.24, 2.45) is 0 Å². The predicted molar refractivity (Wildman–Crippen MR) is 62.3 cm³/mol. The Morgan fingerprint density at radius 1 is 1.38 bits per heavy atom. The van der Waals surface area contributed by atoms with Crippen LogP contribution in [0, 0.1) is 0 Å². The molecule has 1 saturated heterocycles. The number of carbonyl (C=O) groups excluding carboxylic acids is 1. The van der Waals surface area contributed by atoms with Crippen LogP contribution in [0.25, 0.3) is 0 Å². The summed E-state index contributed by atoms with van der Waals surface area (Å²) in [5, 5.41) is 0. The summed E-state index contributed by atoms with van der Waals surface area (Å²) in [4.78, 5) is 13.5. The van der Waals surface area contributed by atoms with Crippen LogP contribution < -0.4 is 0 Å². The zero-order chi connectivity index (χ0) is 12.0. The minimum absolute atomic E-state index is 0.0862. The van der Waals surface area contributed by atoms with Gasteiger partial charge >= 0.3 is 5.97 Å². The van der Waals surface area contributed by atoms with Gasteiger partial charge in [0.1, 0.15) is 0 Å².